The fourth-order valence-electron chi connectivity index (χ4n) is 5.21. The molecule has 6 rings (SSSR count). The number of hydrogen-bond donors (Lipinski definition) is 2. The third-order valence-electron chi connectivity index (χ3n) is 7.52. The van der Waals surface area contributed by atoms with Crippen LogP contribution in [0.15, 0.2) is 66.0 Å². The molecule has 1 atom stereocenters. The first-order valence-corrected chi connectivity index (χ1v) is 11.9. The fourth-order valence-corrected chi connectivity index (χ4v) is 5.21. The molecule has 1 aliphatic carbocycles. The third-order valence-corrected chi connectivity index (χ3v) is 7.52. The van der Waals surface area contributed by atoms with Gasteiger partial charge in [-0.25, -0.2) is 9.59 Å². The summed E-state index contributed by atoms with van der Waals surface area (Å²) in [5.41, 5.74) is 3.42. The minimum absolute atomic E-state index is 0.0408. The van der Waals surface area contributed by atoms with Gasteiger partial charge >= 0.3 is 11.9 Å². The Morgan fingerprint density at radius 2 is 1.71 bits per heavy atom. The van der Waals surface area contributed by atoms with Crippen molar-refractivity contribution in [3.63, 3.8) is 0 Å². The van der Waals surface area contributed by atoms with E-state index in [-0.39, 0.29) is 16.7 Å². The van der Waals surface area contributed by atoms with Crippen LogP contribution in [0.5, 0.6) is 5.75 Å². The van der Waals surface area contributed by atoms with Crippen molar-refractivity contribution in [2.45, 2.75) is 25.3 Å². The molecule has 2 aromatic carbocycles. The Bertz CT molecular complexity index is 1360. The quantitative estimate of drug-likeness (QED) is 0.669. The number of allylic oxidation sites excluding steroid dienone is 1. The molecule has 3 aliphatic heterocycles. The molecule has 2 aromatic rings. The van der Waals surface area contributed by atoms with Crippen LogP contribution in [0.1, 0.15) is 51.6 Å². The number of carbonyl (C=O) groups is 2. The normalized spacial score (nSPS) is 22.9. The highest BCUT2D eigenvalue weighted by molar-refractivity contribution is 6.02. The van der Waals surface area contributed by atoms with Gasteiger partial charge < -0.3 is 19.8 Å². The number of aromatic carboxylic acids is 2. The van der Waals surface area contributed by atoms with E-state index in [1.54, 1.807) is 0 Å². The van der Waals surface area contributed by atoms with E-state index in [1.807, 2.05) is 24.3 Å². The van der Waals surface area contributed by atoms with Gasteiger partial charge in [-0.2, -0.15) is 0 Å². The lowest BCUT2D eigenvalue weighted by atomic mass is 9.81. The van der Waals surface area contributed by atoms with Crippen molar-refractivity contribution in [2.75, 3.05) is 31.1 Å². The smallest absolute Gasteiger partial charge is 0.336 e. The molecule has 2 fully saturated rings. The summed E-state index contributed by atoms with van der Waals surface area (Å²) in [4.78, 5) is 28.6. The van der Waals surface area contributed by atoms with Crippen LogP contribution in [0.2, 0.25) is 0 Å². The number of anilines is 1. The summed E-state index contributed by atoms with van der Waals surface area (Å²) in [5.74, 6) is -0.888. The highest BCUT2D eigenvalue weighted by Gasteiger charge is 2.38. The van der Waals surface area contributed by atoms with Crippen LogP contribution in [0.3, 0.4) is 0 Å². The standard InChI is InChI=1S/C28H26N2O5/c1-28(30-12-3-13-30)9-8-21-24(16-28)35-23-15-18(29-10-2-11-29)5-7-20(23)25(21)22-14-17(26(31)32)4-6-19(22)27(33)34/h4-9,14-16H,2-3,10-13H2,1H3,(H,31,32)(H,33,34). The fraction of sp³-hybridized carbons (Fsp3) is 0.286. The summed E-state index contributed by atoms with van der Waals surface area (Å²) in [6.45, 7) is 6.16. The number of carboxylic acids is 2. The predicted octanol–water partition coefficient (Wildman–Crippen LogP) is 4.41. The van der Waals surface area contributed by atoms with Gasteiger partial charge in [-0.05, 0) is 61.7 Å². The van der Waals surface area contributed by atoms with Crippen molar-refractivity contribution in [2.24, 2.45) is 0 Å². The Labute approximate surface area is 203 Å². The van der Waals surface area contributed by atoms with Crippen molar-refractivity contribution in [3.05, 3.63) is 88.2 Å². The highest BCUT2D eigenvalue weighted by atomic mass is 16.5. The van der Waals surface area contributed by atoms with E-state index in [1.165, 1.54) is 18.2 Å². The lowest BCUT2D eigenvalue weighted by molar-refractivity contribution is 0.0681. The lowest BCUT2D eigenvalue weighted by Gasteiger charge is -2.45. The minimum Gasteiger partial charge on any atom is -0.478 e. The number of likely N-dealkylation sites (tertiary alicyclic amines) is 1. The van der Waals surface area contributed by atoms with Gasteiger partial charge in [0.2, 0.25) is 0 Å². The third kappa shape index (κ3) is 3.46. The predicted molar refractivity (Wildman–Crippen MR) is 132 cm³/mol. The Morgan fingerprint density at radius 1 is 0.943 bits per heavy atom. The summed E-state index contributed by atoms with van der Waals surface area (Å²) in [6.07, 6.45) is 8.53. The second-order valence-electron chi connectivity index (χ2n) is 9.69. The number of benzene rings is 2. The van der Waals surface area contributed by atoms with Gasteiger partial charge in [0, 0.05) is 54.6 Å². The number of fused-ring (bicyclic) bond motifs is 2. The SMILES string of the molecule is CC1(N2CCC2)C=CC2=C(c3cc(C(=O)O)ccc3C(=O)O)c3ccc(N4CCC4)cc3OC2=C1. The molecule has 2 N–H and O–H groups in total. The molecule has 2 saturated heterocycles. The maximum atomic E-state index is 12.2. The van der Waals surface area contributed by atoms with Crippen molar-refractivity contribution < 1.29 is 24.5 Å². The van der Waals surface area contributed by atoms with E-state index >= 15 is 0 Å². The van der Waals surface area contributed by atoms with E-state index < -0.39 is 11.9 Å². The first-order valence-electron chi connectivity index (χ1n) is 11.9. The number of carboxylic acid groups (broad SMARTS) is 2. The first kappa shape index (κ1) is 21.7. The van der Waals surface area contributed by atoms with Gasteiger partial charge in [0.15, 0.2) is 0 Å². The Hall–Kier alpha value is -3.84. The molecular formula is C28H26N2O5. The zero-order valence-corrected chi connectivity index (χ0v) is 19.5. The molecule has 1 unspecified atom stereocenters. The van der Waals surface area contributed by atoms with E-state index in [4.69, 9.17) is 4.74 Å². The summed E-state index contributed by atoms with van der Waals surface area (Å²) in [5, 5.41) is 19.6. The van der Waals surface area contributed by atoms with Crippen LogP contribution >= 0.6 is 0 Å². The molecule has 7 heteroatoms. The van der Waals surface area contributed by atoms with Crippen molar-refractivity contribution in [3.8, 4) is 5.75 Å². The molecule has 0 radical (unpaired) electrons. The number of rotatable bonds is 5. The van der Waals surface area contributed by atoms with Crippen LogP contribution in [0.4, 0.5) is 5.69 Å². The summed E-state index contributed by atoms with van der Waals surface area (Å²) in [7, 11) is 0. The molecule has 0 spiro atoms. The van der Waals surface area contributed by atoms with E-state index in [9.17, 15) is 19.8 Å². The van der Waals surface area contributed by atoms with Crippen LogP contribution in [0, 0.1) is 0 Å². The van der Waals surface area contributed by atoms with Gasteiger partial charge in [0.05, 0.1) is 16.7 Å². The largest absolute Gasteiger partial charge is 0.478 e. The molecule has 0 aromatic heterocycles. The van der Waals surface area contributed by atoms with Crippen LogP contribution in [0.25, 0.3) is 5.57 Å². The molecule has 0 bridgehead atoms. The zero-order valence-electron chi connectivity index (χ0n) is 19.5. The number of hydrogen-bond acceptors (Lipinski definition) is 5. The zero-order chi connectivity index (χ0) is 24.3. The van der Waals surface area contributed by atoms with E-state index in [0.717, 1.165) is 55.8 Å². The monoisotopic (exact) mass is 470 g/mol. The summed E-state index contributed by atoms with van der Waals surface area (Å²) >= 11 is 0. The Kier molecular flexibility index (Phi) is 4.86. The minimum atomic E-state index is -1.11. The van der Waals surface area contributed by atoms with Gasteiger partial charge in [0.25, 0.3) is 0 Å². The molecule has 0 amide bonds. The van der Waals surface area contributed by atoms with Crippen LogP contribution < -0.4 is 9.64 Å². The average Bonchev–Trinajstić information content (AvgIpc) is 2.74. The molecule has 7 nitrogen and oxygen atoms in total. The maximum absolute atomic E-state index is 12.2. The topological polar surface area (TPSA) is 90.3 Å². The second kappa shape index (κ2) is 7.85. The molecule has 4 aliphatic rings. The van der Waals surface area contributed by atoms with Gasteiger partial charge in [-0.15, -0.1) is 0 Å². The summed E-state index contributed by atoms with van der Waals surface area (Å²) < 4.78 is 6.47. The number of nitrogens with zero attached hydrogens (tertiary/aromatic N) is 2. The molecule has 3 heterocycles. The van der Waals surface area contributed by atoms with Crippen molar-refractivity contribution in [1.82, 2.24) is 4.90 Å². The van der Waals surface area contributed by atoms with Gasteiger partial charge in [-0.3, -0.25) is 4.90 Å². The molecule has 35 heavy (non-hydrogen) atoms. The lowest BCUT2D eigenvalue weighted by Crippen LogP contribution is -2.52. The van der Waals surface area contributed by atoms with Crippen LogP contribution in [-0.4, -0.2) is 58.8 Å². The van der Waals surface area contributed by atoms with Gasteiger partial charge in [-0.1, -0.05) is 12.2 Å². The first-order chi connectivity index (χ1) is 16.8. The van der Waals surface area contributed by atoms with Crippen molar-refractivity contribution in [1.29, 1.82) is 0 Å². The molecule has 178 valence electrons. The second-order valence-corrected chi connectivity index (χ2v) is 9.69. The number of ether oxygens (including phenoxy) is 1. The average molecular weight is 471 g/mol. The van der Waals surface area contributed by atoms with E-state index in [2.05, 4.69) is 28.9 Å². The molecule has 0 saturated carbocycles. The molecular weight excluding hydrogens is 444 g/mol. The van der Waals surface area contributed by atoms with Gasteiger partial charge in [0.1, 0.15) is 11.5 Å². The highest BCUT2D eigenvalue weighted by Crippen LogP contribution is 2.47. The van der Waals surface area contributed by atoms with Crippen molar-refractivity contribution >= 4 is 23.2 Å². The Balaban J connectivity index is 1.59. The summed E-state index contributed by atoms with van der Waals surface area (Å²) in [6, 6.07) is 10.2. The van der Waals surface area contributed by atoms with E-state index in [0.29, 0.717) is 22.6 Å². The van der Waals surface area contributed by atoms with Crippen LogP contribution in [-0.2, 0) is 0 Å². The maximum Gasteiger partial charge on any atom is 0.336 e. The Morgan fingerprint density at radius 3 is 2.34 bits per heavy atom.